The molecule has 1 fully saturated rings. The number of nitrogen functional groups attached to an aromatic ring is 1. The second-order valence-corrected chi connectivity index (χ2v) is 6.10. The molecule has 3 heterocycles. The molecule has 2 aromatic heterocycles. The summed E-state index contributed by atoms with van der Waals surface area (Å²) in [5.74, 6) is 1.05. The number of nitrogens with zero attached hydrogens (tertiary/aromatic N) is 3. The van der Waals surface area contributed by atoms with Crippen molar-refractivity contribution in [3.63, 3.8) is 0 Å². The molecular formula is C17H21N5. The predicted octanol–water partition coefficient (Wildman–Crippen LogP) is 3.46. The van der Waals surface area contributed by atoms with Crippen molar-refractivity contribution in [3.05, 3.63) is 24.5 Å². The summed E-state index contributed by atoms with van der Waals surface area (Å²) in [5.41, 5.74) is 8.72. The van der Waals surface area contributed by atoms with Crippen LogP contribution in [0.1, 0.15) is 32.6 Å². The van der Waals surface area contributed by atoms with E-state index in [1.165, 1.54) is 19.3 Å². The maximum atomic E-state index is 5.99. The van der Waals surface area contributed by atoms with Gasteiger partial charge < -0.3 is 15.6 Å². The van der Waals surface area contributed by atoms with Crippen molar-refractivity contribution >= 4 is 33.4 Å². The fraction of sp³-hybridized carbons (Fsp3) is 0.412. The summed E-state index contributed by atoms with van der Waals surface area (Å²) in [5, 5.41) is 2.22. The molecule has 0 radical (unpaired) electrons. The van der Waals surface area contributed by atoms with Gasteiger partial charge in [-0.2, -0.15) is 0 Å². The Labute approximate surface area is 129 Å². The average Bonchev–Trinajstić information content (AvgIpc) is 2.92. The van der Waals surface area contributed by atoms with E-state index in [2.05, 4.69) is 26.8 Å². The highest BCUT2D eigenvalue weighted by Gasteiger charge is 2.25. The molecule has 1 atom stereocenters. The summed E-state index contributed by atoms with van der Waals surface area (Å²) in [6.07, 6.45) is 6.59. The second kappa shape index (κ2) is 5.16. The van der Waals surface area contributed by atoms with Gasteiger partial charge in [0, 0.05) is 29.2 Å². The minimum absolute atomic E-state index is 0.567. The van der Waals surface area contributed by atoms with Crippen molar-refractivity contribution in [2.45, 2.75) is 38.6 Å². The molecule has 5 nitrogen and oxygen atoms in total. The van der Waals surface area contributed by atoms with Crippen LogP contribution in [0, 0.1) is 0 Å². The highest BCUT2D eigenvalue weighted by atomic mass is 15.2. The molecule has 4 rings (SSSR count). The van der Waals surface area contributed by atoms with Crippen molar-refractivity contribution in [3.8, 4) is 0 Å². The summed E-state index contributed by atoms with van der Waals surface area (Å²) in [4.78, 5) is 14.9. The molecule has 3 aromatic rings. The van der Waals surface area contributed by atoms with Crippen LogP contribution in [-0.2, 0) is 0 Å². The zero-order chi connectivity index (χ0) is 15.1. The normalized spacial score (nSPS) is 19.1. The molecule has 0 aliphatic carbocycles. The zero-order valence-corrected chi connectivity index (χ0v) is 12.8. The SMILES string of the molecule is CCC1CCCCN1c1ncnc2[nH]c3ccc(N)cc3c12. The zero-order valence-electron chi connectivity index (χ0n) is 12.8. The van der Waals surface area contributed by atoms with E-state index < -0.39 is 0 Å². The first-order valence-electron chi connectivity index (χ1n) is 8.06. The number of anilines is 2. The highest BCUT2D eigenvalue weighted by Crippen LogP contribution is 2.35. The first-order valence-corrected chi connectivity index (χ1v) is 8.06. The molecule has 114 valence electrons. The first-order chi connectivity index (χ1) is 10.8. The largest absolute Gasteiger partial charge is 0.399 e. The van der Waals surface area contributed by atoms with E-state index in [9.17, 15) is 0 Å². The van der Waals surface area contributed by atoms with Gasteiger partial charge in [-0.05, 0) is 43.9 Å². The maximum absolute atomic E-state index is 5.99. The summed E-state index contributed by atoms with van der Waals surface area (Å²) in [7, 11) is 0. The van der Waals surface area contributed by atoms with E-state index in [1.54, 1.807) is 6.33 Å². The van der Waals surface area contributed by atoms with E-state index in [4.69, 9.17) is 5.73 Å². The first kappa shape index (κ1) is 13.4. The Morgan fingerprint density at radius 2 is 2.23 bits per heavy atom. The lowest BCUT2D eigenvalue weighted by molar-refractivity contribution is 0.448. The molecule has 1 aromatic carbocycles. The Morgan fingerprint density at radius 1 is 1.32 bits per heavy atom. The van der Waals surface area contributed by atoms with Gasteiger partial charge in [0.1, 0.15) is 17.8 Å². The smallest absolute Gasteiger partial charge is 0.143 e. The van der Waals surface area contributed by atoms with Gasteiger partial charge in [0.25, 0.3) is 0 Å². The standard InChI is InChI=1S/C17H21N5/c1-2-12-5-3-4-8-22(12)17-15-13-9-11(18)6-7-14(13)21-16(15)19-10-20-17/h6-7,9-10,12H,2-5,8,18H2,1H3,(H,19,20,21). The van der Waals surface area contributed by atoms with E-state index in [0.717, 1.165) is 46.4 Å². The van der Waals surface area contributed by atoms with Gasteiger partial charge >= 0.3 is 0 Å². The van der Waals surface area contributed by atoms with Crippen LogP contribution in [0.25, 0.3) is 21.9 Å². The van der Waals surface area contributed by atoms with Gasteiger partial charge in [-0.3, -0.25) is 0 Å². The minimum atomic E-state index is 0.567. The summed E-state index contributed by atoms with van der Waals surface area (Å²) >= 11 is 0. The Bertz CT molecular complexity index is 822. The summed E-state index contributed by atoms with van der Waals surface area (Å²) < 4.78 is 0. The topological polar surface area (TPSA) is 70.8 Å². The number of nitrogens with one attached hydrogen (secondary N) is 1. The third-order valence-electron chi connectivity index (χ3n) is 4.76. The number of nitrogens with two attached hydrogens (primary N) is 1. The third kappa shape index (κ3) is 2.00. The average molecular weight is 295 g/mol. The number of benzene rings is 1. The Hall–Kier alpha value is -2.30. The lowest BCUT2D eigenvalue weighted by Gasteiger charge is -2.36. The van der Waals surface area contributed by atoms with Crippen LogP contribution in [0.5, 0.6) is 0 Å². The molecule has 0 saturated carbocycles. The maximum Gasteiger partial charge on any atom is 0.143 e. The third-order valence-corrected chi connectivity index (χ3v) is 4.76. The van der Waals surface area contributed by atoms with Gasteiger partial charge in [0.15, 0.2) is 0 Å². The highest BCUT2D eigenvalue weighted by molar-refractivity contribution is 6.12. The number of piperidine rings is 1. The quantitative estimate of drug-likeness (QED) is 0.710. The van der Waals surface area contributed by atoms with Crippen molar-refractivity contribution in [2.24, 2.45) is 0 Å². The van der Waals surface area contributed by atoms with Gasteiger partial charge in [-0.15, -0.1) is 0 Å². The van der Waals surface area contributed by atoms with Crippen LogP contribution in [0.15, 0.2) is 24.5 Å². The lowest BCUT2D eigenvalue weighted by Crippen LogP contribution is -2.39. The summed E-state index contributed by atoms with van der Waals surface area (Å²) in [6, 6.07) is 6.52. The van der Waals surface area contributed by atoms with Crippen LogP contribution in [0.3, 0.4) is 0 Å². The molecule has 1 saturated heterocycles. The Kier molecular flexibility index (Phi) is 3.13. The van der Waals surface area contributed by atoms with Gasteiger partial charge in [-0.1, -0.05) is 6.92 Å². The second-order valence-electron chi connectivity index (χ2n) is 6.10. The fourth-order valence-electron chi connectivity index (χ4n) is 3.65. The Balaban J connectivity index is 1.96. The molecule has 0 bridgehead atoms. The lowest BCUT2D eigenvalue weighted by atomic mass is 9.99. The molecule has 22 heavy (non-hydrogen) atoms. The molecule has 5 heteroatoms. The minimum Gasteiger partial charge on any atom is -0.399 e. The molecule has 0 spiro atoms. The van der Waals surface area contributed by atoms with Crippen LogP contribution < -0.4 is 10.6 Å². The molecule has 1 aliphatic rings. The number of aromatic nitrogens is 3. The van der Waals surface area contributed by atoms with Crippen LogP contribution >= 0.6 is 0 Å². The number of rotatable bonds is 2. The van der Waals surface area contributed by atoms with Crippen LogP contribution in [0.4, 0.5) is 11.5 Å². The van der Waals surface area contributed by atoms with Crippen LogP contribution in [-0.4, -0.2) is 27.5 Å². The van der Waals surface area contributed by atoms with E-state index >= 15 is 0 Å². The predicted molar refractivity (Wildman–Crippen MR) is 91.1 cm³/mol. The Morgan fingerprint density at radius 3 is 3.09 bits per heavy atom. The van der Waals surface area contributed by atoms with E-state index in [1.807, 2.05) is 18.2 Å². The number of H-pyrrole nitrogens is 1. The fourth-order valence-corrected chi connectivity index (χ4v) is 3.65. The number of fused-ring (bicyclic) bond motifs is 3. The number of hydrogen-bond acceptors (Lipinski definition) is 4. The van der Waals surface area contributed by atoms with E-state index in [0.29, 0.717) is 6.04 Å². The molecule has 1 aliphatic heterocycles. The van der Waals surface area contributed by atoms with E-state index in [-0.39, 0.29) is 0 Å². The molecule has 1 unspecified atom stereocenters. The van der Waals surface area contributed by atoms with Crippen molar-refractivity contribution in [1.82, 2.24) is 15.0 Å². The molecular weight excluding hydrogens is 274 g/mol. The van der Waals surface area contributed by atoms with Crippen molar-refractivity contribution in [2.75, 3.05) is 17.2 Å². The van der Waals surface area contributed by atoms with Gasteiger partial charge in [-0.25, -0.2) is 9.97 Å². The van der Waals surface area contributed by atoms with Crippen molar-refractivity contribution < 1.29 is 0 Å². The van der Waals surface area contributed by atoms with Gasteiger partial charge in [0.05, 0.1) is 5.39 Å². The monoisotopic (exact) mass is 295 g/mol. The van der Waals surface area contributed by atoms with Gasteiger partial charge in [0.2, 0.25) is 0 Å². The number of aromatic amines is 1. The molecule has 0 amide bonds. The van der Waals surface area contributed by atoms with Crippen molar-refractivity contribution in [1.29, 1.82) is 0 Å². The summed E-state index contributed by atoms with van der Waals surface area (Å²) in [6.45, 7) is 3.33. The molecule has 3 N–H and O–H groups in total. The van der Waals surface area contributed by atoms with Crippen LogP contribution in [0.2, 0.25) is 0 Å². The number of hydrogen-bond donors (Lipinski definition) is 2.